The van der Waals surface area contributed by atoms with Gasteiger partial charge in [-0.25, -0.2) is 0 Å². The van der Waals surface area contributed by atoms with Gasteiger partial charge in [-0.05, 0) is 42.1 Å². The van der Waals surface area contributed by atoms with Crippen LogP contribution in [0.25, 0.3) is 0 Å². The topological polar surface area (TPSA) is 49.8 Å². The molecule has 0 saturated carbocycles. The Kier molecular flexibility index (Phi) is 5.29. The van der Waals surface area contributed by atoms with E-state index in [1.807, 2.05) is 0 Å². The zero-order valence-electron chi connectivity index (χ0n) is 14.6. The first-order chi connectivity index (χ1) is 12.7. The second kappa shape index (κ2) is 7.82. The zero-order chi connectivity index (χ0) is 17.9. The van der Waals surface area contributed by atoms with E-state index < -0.39 is 5.97 Å². The van der Waals surface area contributed by atoms with Crippen molar-refractivity contribution in [2.75, 3.05) is 26.2 Å². The van der Waals surface area contributed by atoms with Crippen LogP contribution < -0.4 is 0 Å². The fourth-order valence-corrected chi connectivity index (χ4v) is 4.99. The van der Waals surface area contributed by atoms with Crippen LogP contribution >= 0.6 is 11.8 Å². The van der Waals surface area contributed by atoms with Crippen LogP contribution in [-0.2, 0) is 9.53 Å². The highest BCUT2D eigenvalue weighted by Crippen LogP contribution is 2.45. The summed E-state index contributed by atoms with van der Waals surface area (Å²) < 4.78 is 6.34. The summed E-state index contributed by atoms with van der Waals surface area (Å²) in [4.78, 5) is 15.7. The molecule has 0 aliphatic carbocycles. The molecule has 2 aromatic rings. The Bertz CT molecular complexity index is 749. The van der Waals surface area contributed by atoms with E-state index in [4.69, 9.17) is 9.84 Å². The summed E-state index contributed by atoms with van der Waals surface area (Å²) in [5, 5.41) is 8.95. The number of benzene rings is 2. The smallest absolute Gasteiger partial charge is 0.303 e. The summed E-state index contributed by atoms with van der Waals surface area (Å²) >= 11 is 1.80. The Morgan fingerprint density at radius 1 is 1.12 bits per heavy atom. The molecule has 2 aliphatic heterocycles. The van der Waals surface area contributed by atoms with Crippen molar-refractivity contribution in [3.63, 3.8) is 0 Å². The Morgan fingerprint density at radius 3 is 2.42 bits per heavy atom. The Hall–Kier alpha value is -1.82. The van der Waals surface area contributed by atoms with E-state index in [0.29, 0.717) is 6.61 Å². The van der Waals surface area contributed by atoms with E-state index in [9.17, 15) is 4.79 Å². The van der Waals surface area contributed by atoms with Crippen LogP contribution in [0.2, 0.25) is 0 Å². The van der Waals surface area contributed by atoms with Gasteiger partial charge in [-0.1, -0.05) is 48.2 Å². The zero-order valence-corrected chi connectivity index (χ0v) is 15.5. The molecule has 2 aliphatic rings. The Balaban J connectivity index is 1.40. The molecule has 1 saturated heterocycles. The van der Waals surface area contributed by atoms with E-state index in [-0.39, 0.29) is 18.4 Å². The molecule has 0 radical (unpaired) electrons. The lowest BCUT2D eigenvalue weighted by Crippen LogP contribution is -2.26. The first kappa shape index (κ1) is 17.6. The van der Waals surface area contributed by atoms with Crippen LogP contribution in [0.1, 0.15) is 30.1 Å². The van der Waals surface area contributed by atoms with E-state index in [1.165, 1.54) is 20.9 Å². The molecule has 1 N–H and O–H groups in total. The van der Waals surface area contributed by atoms with Crippen LogP contribution in [0.4, 0.5) is 0 Å². The van der Waals surface area contributed by atoms with Crippen LogP contribution in [0.15, 0.2) is 58.3 Å². The van der Waals surface area contributed by atoms with Gasteiger partial charge in [0.15, 0.2) is 0 Å². The number of rotatable bonds is 6. The fourth-order valence-electron chi connectivity index (χ4n) is 3.87. The highest BCUT2D eigenvalue weighted by Gasteiger charge is 2.28. The monoisotopic (exact) mass is 369 g/mol. The first-order valence-corrected chi connectivity index (χ1v) is 9.94. The number of hydrogen-bond acceptors (Lipinski definition) is 4. The van der Waals surface area contributed by atoms with Crippen molar-refractivity contribution in [2.24, 2.45) is 5.92 Å². The number of aliphatic carboxylic acids is 1. The predicted molar refractivity (Wildman–Crippen MR) is 102 cm³/mol. The van der Waals surface area contributed by atoms with Gasteiger partial charge in [-0.3, -0.25) is 4.79 Å². The van der Waals surface area contributed by atoms with Gasteiger partial charge < -0.3 is 14.7 Å². The van der Waals surface area contributed by atoms with Crippen molar-refractivity contribution in [1.29, 1.82) is 0 Å². The van der Waals surface area contributed by atoms with E-state index in [1.54, 1.807) is 11.8 Å². The third kappa shape index (κ3) is 3.80. The Labute approximate surface area is 158 Å². The van der Waals surface area contributed by atoms with Gasteiger partial charge in [-0.15, -0.1) is 0 Å². The van der Waals surface area contributed by atoms with Gasteiger partial charge in [0.2, 0.25) is 0 Å². The normalized spacial score (nSPS) is 19.9. The standard InChI is InChI=1S/C21H23NO3S/c23-20(24)13-15-9-10-22(14-15)11-12-25-21-16-5-1-3-7-18(16)26-19-8-4-2-6-17(19)21/h1-8,15,21H,9-14H2,(H,23,24). The number of likely N-dealkylation sites (tertiary alicyclic amines) is 1. The van der Waals surface area contributed by atoms with Gasteiger partial charge in [0, 0.05) is 29.3 Å². The molecule has 0 bridgehead atoms. The second-order valence-electron chi connectivity index (χ2n) is 6.98. The predicted octanol–water partition coefficient (Wildman–Crippen LogP) is 4.05. The number of fused-ring (bicyclic) bond motifs is 2. The van der Waals surface area contributed by atoms with Crippen molar-refractivity contribution >= 4 is 17.7 Å². The number of hydrogen-bond donors (Lipinski definition) is 1. The maximum absolute atomic E-state index is 10.9. The van der Waals surface area contributed by atoms with Crippen molar-refractivity contribution in [3.8, 4) is 0 Å². The third-order valence-corrected chi connectivity index (χ3v) is 6.33. The molecule has 2 aromatic carbocycles. The Morgan fingerprint density at radius 2 is 1.77 bits per heavy atom. The van der Waals surface area contributed by atoms with E-state index in [2.05, 4.69) is 53.4 Å². The summed E-state index contributed by atoms with van der Waals surface area (Å²) in [6.07, 6.45) is 1.22. The van der Waals surface area contributed by atoms with Gasteiger partial charge in [0.05, 0.1) is 6.61 Å². The molecule has 1 atom stereocenters. The molecule has 1 fully saturated rings. The highest BCUT2D eigenvalue weighted by molar-refractivity contribution is 7.99. The van der Waals surface area contributed by atoms with Crippen LogP contribution in [0, 0.1) is 5.92 Å². The van der Waals surface area contributed by atoms with E-state index >= 15 is 0 Å². The molecule has 0 amide bonds. The SMILES string of the molecule is O=C(O)CC1CCN(CCOC2c3ccccc3Sc3ccccc32)C1. The molecular weight excluding hydrogens is 346 g/mol. The quantitative estimate of drug-likeness (QED) is 0.832. The van der Waals surface area contributed by atoms with Crippen molar-refractivity contribution in [2.45, 2.75) is 28.7 Å². The number of carbonyl (C=O) groups is 1. The fraction of sp³-hybridized carbons (Fsp3) is 0.381. The summed E-state index contributed by atoms with van der Waals surface area (Å²) in [5.74, 6) is -0.416. The minimum Gasteiger partial charge on any atom is -0.481 e. The number of carboxylic acid groups (broad SMARTS) is 1. The number of nitrogens with zero attached hydrogens (tertiary/aromatic N) is 1. The summed E-state index contributed by atoms with van der Waals surface area (Å²) in [5.41, 5.74) is 2.47. The number of ether oxygens (including phenoxy) is 1. The third-order valence-electron chi connectivity index (χ3n) is 5.15. The maximum Gasteiger partial charge on any atom is 0.303 e. The summed E-state index contributed by atoms with van der Waals surface area (Å²) in [6.45, 7) is 3.33. The lowest BCUT2D eigenvalue weighted by Gasteiger charge is -2.28. The van der Waals surface area contributed by atoms with Gasteiger partial charge in [0.25, 0.3) is 0 Å². The molecule has 4 rings (SSSR count). The maximum atomic E-state index is 10.9. The first-order valence-electron chi connectivity index (χ1n) is 9.12. The summed E-state index contributed by atoms with van der Waals surface area (Å²) in [6, 6.07) is 16.9. The van der Waals surface area contributed by atoms with Crippen molar-refractivity contribution < 1.29 is 14.6 Å². The number of carboxylic acids is 1. The van der Waals surface area contributed by atoms with E-state index in [0.717, 1.165) is 26.1 Å². The van der Waals surface area contributed by atoms with Crippen molar-refractivity contribution in [1.82, 2.24) is 4.90 Å². The van der Waals surface area contributed by atoms with Gasteiger partial charge in [-0.2, -0.15) is 0 Å². The average Bonchev–Trinajstić information content (AvgIpc) is 3.07. The van der Waals surface area contributed by atoms with Gasteiger partial charge in [0.1, 0.15) is 6.10 Å². The molecule has 2 heterocycles. The van der Waals surface area contributed by atoms with Crippen LogP contribution in [0.3, 0.4) is 0 Å². The molecule has 0 spiro atoms. The minimum atomic E-state index is -0.694. The van der Waals surface area contributed by atoms with Crippen LogP contribution in [0.5, 0.6) is 0 Å². The second-order valence-corrected chi connectivity index (χ2v) is 8.07. The lowest BCUT2D eigenvalue weighted by atomic mass is 10.0. The highest BCUT2D eigenvalue weighted by atomic mass is 32.2. The van der Waals surface area contributed by atoms with Crippen LogP contribution in [-0.4, -0.2) is 42.2 Å². The molecule has 4 nitrogen and oxygen atoms in total. The molecule has 5 heteroatoms. The van der Waals surface area contributed by atoms with Crippen molar-refractivity contribution in [3.05, 3.63) is 59.7 Å². The average molecular weight is 369 g/mol. The molecule has 1 unspecified atom stereocenters. The molecular formula is C21H23NO3S. The molecule has 0 aromatic heterocycles. The minimum absolute atomic E-state index is 0.0268. The molecule has 136 valence electrons. The van der Waals surface area contributed by atoms with Gasteiger partial charge >= 0.3 is 5.97 Å². The molecule has 26 heavy (non-hydrogen) atoms. The largest absolute Gasteiger partial charge is 0.481 e. The summed E-state index contributed by atoms with van der Waals surface area (Å²) in [7, 11) is 0. The lowest BCUT2D eigenvalue weighted by molar-refractivity contribution is -0.138.